The maximum atomic E-state index is 14.1. The number of halogens is 2. The molecule has 9 rings (SSSR count). The molecule has 2 aromatic carbocycles. The molecule has 5 aliphatic heterocycles. The molecule has 292 valence electrons. The highest BCUT2D eigenvalue weighted by molar-refractivity contribution is 6.05. The minimum absolute atomic E-state index is 0.130. The first kappa shape index (κ1) is 37.2. The first-order chi connectivity index (χ1) is 27.2. The second-order valence-electron chi connectivity index (χ2n) is 14.9. The second-order valence-corrected chi connectivity index (χ2v) is 14.9. The summed E-state index contributed by atoms with van der Waals surface area (Å²) < 4.78 is 30.0. The van der Waals surface area contributed by atoms with Crippen LogP contribution in [0, 0.1) is 12.7 Å². The van der Waals surface area contributed by atoms with Crippen LogP contribution in [0.25, 0.3) is 11.3 Å². The van der Waals surface area contributed by atoms with Gasteiger partial charge in [0.05, 0.1) is 48.7 Å². The number of ether oxygens (including phenoxy) is 1. The molecule has 56 heavy (non-hydrogen) atoms. The third kappa shape index (κ3) is 7.08. The van der Waals surface area contributed by atoms with Crippen molar-refractivity contribution in [3.8, 4) is 22.9 Å². The number of phenols is 1. The summed E-state index contributed by atoms with van der Waals surface area (Å²) in [6, 6.07) is 11.9. The number of phenolic OH excluding ortho intramolecular Hbond substituents is 1. The first-order valence-corrected chi connectivity index (χ1v) is 18.9. The van der Waals surface area contributed by atoms with Crippen LogP contribution in [0.2, 0.25) is 0 Å². The zero-order valence-corrected chi connectivity index (χ0v) is 31.2. The molecule has 3 amide bonds. The summed E-state index contributed by atoms with van der Waals surface area (Å²) in [5.74, 6) is -0.509. The van der Waals surface area contributed by atoms with Gasteiger partial charge >= 0.3 is 0 Å². The van der Waals surface area contributed by atoms with E-state index in [9.17, 15) is 28.3 Å². The third-order valence-electron chi connectivity index (χ3n) is 11.5. The number of likely N-dealkylation sites (tertiary alicyclic amines) is 1. The molecular formula is C40H43F2N9O5. The Kier molecular flexibility index (Phi) is 10.2. The van der Waals surface area contributed by atoms with Crippen molar-refractivity contribution in [2.24, 2.45) is 0 Å². The number of fused-ring (bicyclic) bond motifs is 4. The molecule has 3 atom stereocenters. The standard InChI is InChI=1S/C39H40FN9O5.CH3F/c1-21-38(54-27-14-26-17-41-36-33(48(26)20-27)15-31(45-46-36)28-3-2-4-30(40)35(28)51)42-16-25(43-21)19-47-11-9-22(10-12-47)23-5-6-24-18-49(39(53)29(24)13-23)32-7-8-34(50)44-37(32)52;1-2/h2-6,13,15-16,22,26-27,32,51H,7-12,14,17-20H2,1H3,(H,41,46)(H,44,50,52);1H3. The van der Waals surface area contributed by atoms with Crippen molar-refractivity contribution >= 4 is 29.2 Å². The predicted octanol–water partition coefficient (Wildman–Crippen LogP) is 4.26. The van der Waals surface area contributed by atoms with Gasteiger partial charge in [-0.3, -0.25) is 29.0 Å². The quantitative estimate of drug-likeness (QED) is 0.229. The van der Waals surface area contributed by atoms with E-state index in [4.69, 9.17) is 9.72 Å². The lowest BCUT2D eigenvalue weighted by Crippen LogP contribution is -2.52. The van der Waals surface area contributed by atoms with Crippen molar-refractivity contribution in [2.45, 2.75) is 76.2 Å². The minimum atomic E-state index is -0.709. The van der Waals surface area contributed by atoms with Crippen molar-refractivity contribution in [3.63, 3.8) is 0 Å². The zero-order chi connectivity index (χ0) is 39.1. The van der Waals surface area contributed by atoms with Crippen LogP contribution in [0.15, 0.2) is 48.7 Å². The van der Waals surface area contributed by atoms with Gasteiger partial charge in [0.2, 0.25) is 17.7 Å². The number of anilines is 2. The van der Waals surface area contributed by atoms with Crippen LogP contribution in [-0.2, 0) is 22.7 Å². The number of benzene rings is 2. The summed E-state index contributed by atoms with van der Waals surface area (Å²) in [6.07, 6.45) is 4.93. The number of aryl methyl sites for hydroxylation is 1. The predicted molar refractivity (Wildman–Crippen MR) is 201 cm³/mol. The van der Waals surface area contributed by atoms with E-state index in [2.05, 4.69) is 41.7 Å². The van der Waals surface area contributed by atoms with Crippen molar-refractivity contribution in [3.05, 3.63) is 82.6 Å². The lowest BCUT2D eigenvalue weighted by atomic mass is 9.88. The van der Waals surface area contributed by atoms with E-state index in [1.165, 1.54) is 12.1 Å². The van der Waals surface area contributed by atoms with E-state index < -0.39 is 23.5 Å². The number of nitrogens with zero attached hydrogens (tertiary/aromatic N) is 7. The largest absolute Gasteiger partial charge is 0.504 e. The Balaban J connectivity index is 0.00000217. The number of aromatic nitrogens is 4. The maximum Gasteiger partial charge on any atom is 0.255 e. The van der Waals surface area contributed by atoms with Crippen LogP contribution in [0.3, 0.4) is 0 Å². The zero-order valence-electron chi connectivity index (χ0n) is 31.2. The highest BCUT2D eigenvalue weighted by Gasteiger charge is 2.40. The van der Waals surface area contributed by atoms with Gasteiger partial charge in [0, 0.05) is 43.6 Å². The van der Waals surface area contributed by atoms with Crippen LogP contribution < -0.4 is 20.3 Å². The molecule has 4 aromatic rings. The Bertz CT molecular complexity index is 2180. The topological polar surface area (TPSA) is 166 Å². The van der Waals surface area contributed by atoms with Gasteiger partial charge in [-0.15, -0.1) is 10.2 Å². The average Bonchev–Trinajstić information content (AvgIpc) is 3.78. The number of piperidine rings is 2. The Hall–Kier alpha value is -5.77. The summed E-state index contributed by atoms with van der Waals surface area (Å²) >= 11 is 0. The smallest absolute Gasteiger partial charge is 0.255 e. The van der Waals surface area contributed by atoms with Crippen LogP contribution in [-0.4, -0.2) is 104 Å². The molecule has 0 bridgehead atoms. The number of hydrogen-bond donors (Lipinski definition) is 3. The highest BCUT2D eigenvalue weighted by Crippen LogP contribution is 2.40. The SMILES string of the molecule is CF.Cc1nc(CN2CCC(c3ccc4c(c3)C(=O)N(C3CCC(=O)NC3=O)C4)CC2)cnc1OC1CC2CNc3nnc(-c4cccc(F)c4O)cc3N2C1. The number of alkyl halides is 1. The number of carbonyl (C=O) groups excluding carboxylic acids is 3. The molecule has 0 aliphatic carbocycles. The summed E-state index contributed by atoms with van der Waals surface area (Å²) in [7, 11) is 0.500. The second kappa shape index (κ2) is 15.4. The van der Waals surface area contributed by atoms with Gasteiger partial charge in [0.1, 0.15) is 12.1 Å². The molecule has 0 saturated carbocycles. The summed E-state index contributed by atoms with van der Waals surface area (Å²) in [4.78, 5) is 53.1. The molecule has 2 aromatic heterocycles. The number of para-hydroxylation sites is 1. The van der Waals surface area contributed by atoms with Crippen LogP contribution in [0.1, 0.15) is 70.9 Å². The van der Waals surface area contributed by atoms with E-state index in [-0.39, 0.29) is 35.9 Å². The number of amides is 3. The maximum absolute atomic E-state index is 14.1. The molecule has 0 spiro atoms. The molecule has 0 radical (unpaired) electrons. The van der Waals surface area contributed by atoms with Gasteiger partial charge in [0.25, 0.3) is 5.91 Å². The Morgan fingerprint density at radius 1 is 1.00 bits per heavy atom. The average molecular weight is 768 g/mol. The van der Waals surface area contributed by atoms with Gasteiger partial charge in [-0.05, 0) is 80.6 Å². The molecule has 5 aliphatic rings. The minimum Gasteiger partial charge on any atom is -0.504 e. The Morgan fingerprint density at radius 2 is 1.82 bits per heavy atom. The summed E-state index contributed by atoms with van der Waals surface area (Å²) in [5, 5.41) is 24.6. The number of carbonyl (C=O) groups is 3. The van der Waals surface area contributed by atoms with Crippen molar-refractivity contribution in [1.82, 2.24) is 35.3 Å². The fraction of sp³-hybridized carbons (Fsp3) is 0.425. The monoisotopic (exact) mass is 767 g/mol. The van der Waals surface area contributed by atoms with Crippen LogP contribution in [0.4, 0.5) is 20.3 Å². The van der Waals surface area contributed by atoms with E-state index in [0.29, 0.717) is 68.7 Å². The molecule has 16 heteroatoms. The number of nitrogens with one attached hydrogen (secondary N) is 2. The van der Waals surface area contributed by atoms with Crippen LogP contribution in [0.5, 0.6) is 11.6 Å². The van der Waals surface area contributed by atoms with Gasteiger partial charge in [0.15, 0.2) is 17.4 Å². The van der Waals surface area contributed by atoms with Gasteiger partial charge in [-0.2, -0.15) is 0 Å². The fourth-order valence-corrected chi connectivity index (χ4v) is 8.59. The molecule has 3 N–H and O–H groups in total. The normalized spacial score (nSPS) is 22.1. The van der Waals surface area contributed by atoms with E-state index in [1.54, 1.807) is 17.2 Å². The number of aromatic hydroxyl groups is 1. The number of imide groups is 1. The first-order valence-electron chi connectivity index (χ1n) is 18.9. The molecular weight excluding hydrogens is 724 g/mol. The van der Waals surface area contributed by atoms with Crippen molar-refractivity contribution in [1.29, 1.82) is 0 Å². The molecule has 14 nitrogen and oxygen atoms in total. The Morgan fingerprint density at radius 3 is 2.61 bits per heavy atom. The third-order valence-corrected chi connectivity index (χ3v) is 11.5. The van der Waals surface area contributed by atoms with E-state index in [0.717, 1.165) is 60.6 Å². The fourth-order valence-electron chi connectivity index (χ4n) is 8.59. The molecule has 3 saturated heterocycles. The summed E-state index contributed by atoms with van der Waals surface area (Å²) in [6.45, 7) is 6.04. The van der Waals surface area contributed by atoms with Crippen molar-refractivity contribution in [2.75, 3.05) is 43.6 Å². The number of hydrogen-bond acceptors (Lipinski definition) is 12. The Labute approximate surface area is 322 Å². The summed E-state index contributed by atoms with van der Waals surface area (Å²) in [5.41, 5.74) is 5.84. The van der Waals surface area contributed by atoms with E-state index in [1.807, 2.05) is 25.1 Å². The molecule has 7 heterocycles. The van der Waals surface area contributed by atoms with Crippen molar-refractivity contribution < 1.29 is 33.0 Å². The lowest BCUT2D eigenvalue weighted by Gasteiger charge is -2.33. The van der Waals surface area contributed by atoms with E-state index >= 15 is 0 Å². The molecule has 3 unspecified atom stereocenters. The van der Waals surface area contributed by atoms with Gasteiger partial charge < -0.3 is 25.0 Å². The highest BCUT2D eigenvalue weighted by atomic mass is 19.1. The lowest BCUT2D eigenvalue weighted by molar-refractivity contribution is -0.136. The van der Waals surface area contributed by atoms with Crippen LogP contribution >= 0.6 is 0 Å². The van der Waals surface area contributed by atoms with Gasteiger partial charge in [-0.25, -0.2) is 14.4 Å². The van der Waals surface area contributed by atoms with Gasteiger partial charge in [-0.1, -0.05) is 18.2 Å². The number of rotatable bonds is 7. The molecule has 3 fully saturated rings.